The van der Waals surface area contributed by atoms with Gasteiger partial charge in [-0.3, -0.25) is 19.0 Å². The van der Waals surface area contributed by atoms with E-state index in [0.717, 1.165) is 37.1 Å². The summed E-state index contributed by atoms with van der Waals surface area (Å²) in [5, 5.41) is 18.2. The molecule has 10 nitrogen and oxygen atoms in total. The van der Waals surface area contributed by atoms with E-state index in [1.54, 1.807) is 24.5 Å². The molecular formula is C25H36F2N10. The Balaban J connectivity index is 0.00000169. The fourth-order valence-electron chi connectivity index (χ4n) is 3.48. The summed E-state index contributed by atoms with van der Waals surface area (Å²) in [6.07, 6.45) is 18.6. The van der Waals surface area contributed by atoms with E-state index in [1.165, 1.54) is 11.1 Å². The van der Waals surface area contributed by atoms with Gasteiger partial charge >= 0.3 is 0 Å². The molecule has 3 heterocycles. The van der Waals surface area contributed by atoms with Crippen molar-refractivity contribution in [2.75, 3.05) is 39.1 Å². The Hall–Kier alpha value is -4.26. The van der Waals surface area contributed by atoms with Gasteiger partial charge in [0.1, 0.15) is 5.82 Å². The van der Waals surface area contributed by atoms with Crippen LogP contribution in [0.1, 0.15) is 31.4 Å². The van der Waals surface area contributed by atoms with Crippen molar-refractivity contribution in [3.63, 3.8) is 0 Å². The summed E-state index contributed by atoms with van der Waals surface area (Å²) in [6.45, 7) is 7.52. The molecule has 6 N–H and O–H groups in total. The molecule has 2 aromatic heterocycles. The molecule has 2 aromatic rings. The molecule has 0 aliphatic carbocycles. The number of nitrogens with two attached hydrogens (primary N) is 3. The molecule has 0 atom stereocenters. The Labute approximate surface area is 217 Å². The highest BCUT2D eigenvalue weighted by Crippen LogP contribution is 2.26. The lowest BCUT2D eigenvalue weighted by atomic mass is 10.1. The minimum Gasteiger partial charge on any atom is -0.383 e. The zero-order chi connectivity index (χ0) is 28.2. The fraction of sp³-hybridized carbons (Fsp3) is 0.360. The number of nitrogen functional groups attached to an aromatic ring is 1. The summed E-state index contributed by atoms with van der Waals surface area (Å²) in [4.78, 5) is 6.37. The third kappa shape index (κ3) is 10.1. The van der Waals surface area contributed by atoms with Gasteiger partial charge in [0, 0.05) is 36.6 Å². The number of terminal acetylenes is 1. The van der Waals surface area contributed by atoms with Crippen molar-refractivity contribution in [1.82, 2.24) is 24.7 Å². The molecule has 0 radical (unpaired) electrons. The zero-order valence-electron chi connectivity index (χ0n) is 21.3. The van der Waals surface area contributed by atoms with Gasteiger partial charge in [0.25, 0.3) is 0 Å². The Morgan fingerprint density at radius 1 is 1.32 bits per heavy atom. The highest BCUT2D eigenvalue weighted by atomic mass is 19.1. The minimum atomic E-state index is 0.0681. The molecule has 0 aromatic carbocycles. The Bertz CT molecular complexity index is 1050. The first-order chi connectivity index (χ1) is 18.0. The highest BCUT2D eigenvalue weighted by Gasteiger charge is 2.21. The Morgan fingerprint density at radius 2 is 1.95 bits per heavy atom. The standard InChI is InChI=1S/C19H25FN10.C3H6.C2H2.CH3F/c20-4-1-6-29(24)19(27-23)17-10-14(11-25-18(17)22)15-12-26-30(13-15)16-2-7-28(8-3-16)9-5-21;1-3-2;2*1-2/h1,4,10-13,16H,2-3,6-9,23-24H2,(H2,22,25);3H,1H2,2H3;1-2H;1H3/b4-1+,27-19-;;;. The number of hydrogen-bond acceptors (Lipinski definition) is 8. The van der Waals surface area contributed by atoms with E-state index in [4.69, 9.17) is 22.7 Å². The lowest BCUT2D eigenvalue weighted by molar-refractivity contribution is 0.197. The van der Waals surface area contributed by atoms with Crippen LogP contribution < -0.4 is 17.4 Å². The van der Waals surface area contributed by atoms with Gasteiger partial charge in [-0.2, -0.15) is 15.5 Å². The first-order valence-corrected chi connectivity index (χ1v) is 11.2. The van der Waals surface area contributed by atoms with Gasteiger partial charge in [-0.25, -0.2) is 15.2 Å². The van der Waals surface area contributed by atoms with Crippen LogP contribution in [0.4, 0.5) is 14.6 Å². The topological polar surface area (TPSA) is 151 Å². The molecule has 1 aliphatic rings. The van der Waals surface area contributed by atoms with Crippen LogP contribution >= 0.6 is 0 Å². The van der Waals surface area contributed by atoms with E-state index in [2.05, 4.69) is 45.6 Å². The van der Waals surface area contributed by atoms with Crippen LogP contribution in [-0.4, -0.2) is 63.9 Å². The largest absolute Gasteiger partial charge is 0.383 e. The smallest absolute Gasteiger partial charge is 0.173 e. The van der Waals surface area contributed by atoms with Crippen molar-refractivity contribution in [2.24, 2.45) is 16.8 Å². The maximum atomic E-state index is 12.3. The van der Waals surface area contributed by atoms with Crippen molar-refractivity contribution in [3.05, 3.63) is 55.3 Å². The lowest BCUT2D eigenvalue weighted by Gasteiger charge is -2.30. The average molecular weight is 515 g/mol. The number of halogens is 2. The number of rotatable bonds is 6. The quantitative estimate of drug-likeness (QED) is 0.101. The number of pyridine rings is 1. The van der Waals surface area contributed by atoms with E-state index >= 15 is 0 Å². The molecule has 0 saturated carbocycles. The maximum absolute atomic E-state index is 12.3. The van der Waals surface area contributed by atoms with Gasteiger partial charge in [0.15, 0.2) is 5.84 Å². The molecule has 1 saturated heterocycles. The van der Waals surface area contributed by atoms with Crippen LogP contribution in [-0.2, 0) is 0 Å². The number of nitriles is 1. The van der Waals surface area contributed by atoms with Crippen LogP contribution in [0.3, 0.4) is 0 Å². The van der Waals surface area contributed by atoms with E-state index in [1.807, 2.05) is 17.8 Å². The van der Waals surface area contributed by atoms with Gasteiger partial charge in [-0.05, 0) is 31.9 Å². The van der Waals surface area contributed by atoms with Crippen molar-refractivity contribution < 1.29 is 8.78 Å². The lowest BCUT2D eigenvalue weighted by Crippen LogP contribution is -2.39. The number of alkyl halides is 1. The third-order valence-corrected chi connectivity index (χ3v) is 5.11. The minimum absolute atomic E-state index is 0.0681. The van der Waals surface area contributed by atoms with Crippen molar-refractivity contribution in [2.45, 2.75) is 25.8 Å². The number of hydrogen-bond donors (Lipinski definition) is 3. The average Bonchev–Trinajstić information content (AvgIpc) is 3.43. The van der Waals surface area contributed by atoms with Gasteiger partial charge in [0.2, 0.25) is 0 Å². The van der Waals surface area contributed by atoms with Gasteiger partial charge in [-0.1, -0.05) is 6.08 Å². The second-order valence-electron chi connectivity index (χ2n) is 7.41. The molecule has 1 fully saturated rings. The summed E-state index contributed by atoms with van der Waals surface area (Å²) in [5.41, 5.74) is 8.09. The summed E-state index contributed by atoms with van der Waals surface area (Å²) in [7, 11) is 0.500. The number of hydrazine groups is 1. The molecule has 0 amide bonds. The monoisotopic (exact) mass is 514 g/mol. The van der Waals surface area contributed by atoms with Gasteiger partial charge in [0.05, 0.1) is 50.5 Å². The second-order valence-corrected chi connectivity index (χ2v) is 7.41. The SMILES string of the molecule is C#C.C=CC.CF.N#CCN1CCC(n2cc(-c3cnc(N)c(/C(=N/N)N(N)C/C=C/F)c3)cn2)CC1. The van der Waals surface area contributed by atoms with Crippen LogP contribution in [0, 0.1) is 24.2 Å². The number of hydrazone groups is 1. The second kappa shape index (κ2) is 19.0. The van der Waals surface area contributed by atoms with E-state index in [9.17, 15) is 8.78 Å². The fourth-order valence-corrected chi connectivity index (χ4v) is 3.48. The molecular weight excluding hydrogens is 478 g/mol. The molecule has 37 heavy (non-hydrogen) atoms. The molecule has 0 bridgehead atoms. The predicted molar refractivity (Wildman–Crippen MR) is 145 cm³/mol. The van der Waals surface area contributed by atoms with E-state index in [-0.39, 0.29) is 24.2 Å². The van der Waals surface area contributed by atoms with Crippen LogP contribution in [0.25, 0.3) is 11.1 Å². The summed E-state index contributed by atoms with van der Waals surface area (Å²) in [5.74, 6) is 11.8. The molecule has 12 heteroatoms. The van der Waals surface area contributed by atoms with E-state index in [0.29, 0.717) is 25.6 Å². The molecule has 0 unspecified atom stereocenters. The van der Waals surface area contributed by atoms with Crippen LogP contribution in [0.2, 0.25) is 0 Å². The molecule has 200 valence electrons. The molecule has 0 spiro atoms. The number of amidine groups is 1. The van der Waals surface area contributed by atoms with Crippen molar-refractivity contribution in [1.29, 1.82) is 5.26 Å². The number of nitrogens with zero attached hydrogens (tertiary/aromatic N) is 7. The van der Waals surface area contributed by atoms with Crippen molar-refractivity contribution in [3.8, 4) is 30.0 Å². The van der Waals surface area contributed by atoms with E-state index < -0.39 is 0 Å². The zero-order valence-corrected chi connectivity index (χ0v) is 21.3. The maximum Gasteiger partial charge on any atom is 0.173 e. The number of allylic oxidation sites excluding steroid dienone is 1. The van der Waals surface area contributed by atoms with Gasteiger partial charge < -0.3 is 11.6 Å². The first-order valence-electron chi connectivity index (χ1n) is 11.2. The Morgan fingerprint density at radius 3 is 2.49 bits per heavy atom. The number of aromatic nitrogens is 3. The van der Waals surface area contributed by atoms with Gasteiger partial charge in [-0.15, -0.1) is 19.4 Å². The Kier molecular flexibility index (Phi) is 16.8. The normalized spacial score (nSPS) is 13.6. The number of anilines is 1. The van der Waals surface area contributed by atoms with Crippen molar-refractivity contribution >= 4 is 11.7 Å². The number of piperidine rings is 1. The van der Waals surface area contributed by atoms with Crippen LogP contribution in [0.5, 0.6) is 0 Å². The predicted octanol–water partition coefficient (Wildman–Crippen LogP) is 2.99. The summed E-state index contributed by atoms with van der Waals surface area (Å²) < 4.78 is 23.8. The highest BCUT2D eigenvalue weighted by molar-refractivity contribution is 6.02. The van der Waals surface area contributed by atoms with Crippen LogP contribution in [0.15, 0.2) is 54.8 Å². The first kappa shape index (κ1) is 32.7. The third-order valence-electron chi connectivity index (χ3n) is 5.11. The number of likely N-dealkylation sites (tertiary alicyclic amines) is 1. The molecule has 3 rings (SSSR count). The molecule has 1 aliphatic heterocycles. The summed E-state index contributed by atoms with van der Waals surface area (Å²) >= 11 is 0. The summed E-state index contributed by atoms with van der Waals surface area (Å²) in [6, 6.07) is 4.26.